The minimum atomic E-state index is -0.0898. The first-order valence-electron chi connectivity index (χ1n) is 6.42. The van der Waals surface area contributed by atoms with Gasteiger partial charge in [-0.25, -0.2) is 0 Å². The Balaban J connectivity index is 2.01. The second kappa shape index (κ2) is 4.90. The van der Waals surface area contributed by atoms with Crippen LogP contribution < -0.4 is 10.2 Å². The first-order valence-corrected chi connectivity index (χ1v) is 6.42. The summed E-state index contributed by atoms with van der Waals surface area (Å²) in [7, 11) is 0. The third kappa shape index (κ3) is 2.27. The van der Waals surface area contributed by atoms with Gasteiger partial charge in [0.05, 0.1) is 6.26 Å². The lowest BCUT2D eigenvalue weighted by molar-refractivity contribution is 0.0958. The van der Waals surface area contributed by atoms with Crippen LogP contribution in [0.1, 0.15) is 23.0 Å². The maximum absolute atomic E-state index is 12.5. The lowest BCUT2D eigenvalue weighted by Crippen LogP contribution is -2.39. The number of nitrogens with one attached hydrogen (secondary N) is 1. The molecule has 1 aliphatic heterocycles. The summed E-state index contributed by atoms with van der Waals surface area (Å²) in [6, 6.07) is 11.7. The smallest absolute Gasteiger partial charge is 0.294 e. The van der Waals surface area contributed by atoms with Gasteiger partial charge in [-0.2, -0.15) is 0 Å². The Labute approximate surface area is 112 Å². The molecule has 1 aromatic carbocycles. The van der Waals surface area contributed by atoms with Crippen molar-refractivity contribution in [1.82, 2.24) is 5.32 Å². The number of fused-ring (bicyclic) bond motifs is 1. The molecule has 1 aliphatic rings. The van der Waals surface area contributed by atoms with Gasteiger partial charge < -0.3 is 14.6 Å². The molecule has 3 rings (SSSR count). The zero-order valence-corrected chi connectivity index (χ0v) is 10.8. The number of carbonyl (C=O) groups is 1. The third-order valence-corrected chi connectivity index (χ3v) is 3.36. The molecule has 0 saturated heterocycles. The second-order valence-electron chi connectivity index (χ2n) is 4.80. The summed E-state index contributed by atoms with van der Waals surface area (Å²) in [5, 5.41) is 3.41. The molecule has 19 heavy (non-hydrogen) atoms. The summed E-state index contributed by atoms with van der Waals surface area (Å²) in [4.78, 5) is 14.3. The molecular weight excluding hydrogens is 240 g/mol. The van der Waals surface area contributed by atoms with Gasteiger partial charge in [-0.05, 0) is 30.7 Å². The number of nitrogens with zero attached hydrogens (tertiary/aromatic N) is 1. The van der Waals surface area contributed by atoms with Gasteiger partial charge in [0.1, 0.15) is 0 Å². The second-order valence-corrected chi connectivity index (χ2v) is 4.80. The topological polar surface area (TPSA) is 45.5 Å². The molecule has 0 aliphatic carbocycles. The van der Waals surface area contributed by atoms with E-state index < -0.39 is 0 Å². The van der Waals surface area contributed by atoms with Gasteiger partial charge in [-0.3, -0.25) is 4.79 Å². The van der Waals surface area contributed by atoms with Crippen molar-refractivity contribution in [3.8, 4) is 0 Å². The fraction of sp³-hybridized carbons (Fsp3) is 0.267. The summed E-state index contributed by atoms with van der Waals surface area (Å²) >= 11 is 0. The van der Waals surface area contributed by atoms with Crippen LogP contribution in [0.2, 0.25) is 0 Å². The van der Waals surface area contributed by atoms with Crippen LogP contribution in [0, 0.1) is 0 Å². The van der Waals surface area contributed by atoms with Gasteiger partial charge in [0.2, 0.25) is 0 Å². The Morgan fingerprint density at radius 1 is 1.32 bits per heavy atom. The van der Waals surface area contributed by atoms with E-state index in [-0.39, 0.29) is 11.9 Å². The highest BCUT2D eigenvalue weighted by Crippen LogP contribution is 2.25. The van der Waals surface area contributed by atoms with Crippen LogP contribution in [0.3, 0.4) is 0 Å². The molecule has 0 fully saturated rings. The average Bonchev–Trinajstić information content (AvgIpc) is 2.91. The van der Waals surface area contributed by atoms with Crippen LogP contribution in [-0.2, 0) is 6.54 Å². The molecule has 2 aromatic rings. The molecule has 0 spiro atoms. The fourth-order valence-corrected chi connectivity index (χ4v) is 2.37. The molecule has 1 atom stereocenters. The summed E-state index contributed by atoms with van der Waals surface area (Å²) in [6.45, 7) is 3.49. The minimum absolute atomic E-state index is 0.0898. The molecule has 0 saturated carbocycles. The molecule has 98 valence electrons. The van der Waals surface area contributed by atoms with E-state index in [9.17, 15) is 4.79 Å². The highest BCUT2D eigenvalue weighted by atomic mass is 16.3. The standard InChI is InChI=1S/C15H16N2O2/c1-11-10-17(15(18)14-7-4-8-19-14)13-6-3-2-5-12(13)9-16-11/h2-8,11,16H,9-10H2,1H3. The van der Waals surface area contributed by atoms with Crippen LogP contribution in [0.25, 0.3) is 0 Å². The van der Waals surface area contributed by atoms with E-state index in [0.29, 0.717) is 12.3 Å². The van der Waals surface area contributed by atoms with Crippen molar-refractivity contribution in [2.24, 2.45) is 0 Å². The number of rotatable bonds is 1. The van der Waals surface area contributed by atoms with E-state index in [1.54, 1.807) is 17.0 Å². The summed E-state index contributed by atoms with van der Waals surface area (Å²) in [5.41, 5.74) is 2.09. The molecule has 1 amide bonds. The number of para-hydroxylation sites is 1. The van der Waals surface area contributed by atoms with Crippen molar-refractivity contribution in [1.29, 1.82) is 0 Å². The van der Waals surface area contributed by atoms with Gasteiger partial charge in [0.25, 0.3) is 5.91 Å². The van der Waals surface area contributed by atoms with Crippen molar-refractivity contribution in [3.63, 3.8) is 0 Å². The quantitative estimate of drug-likeness (QED) is 0.852. The van der Waals surface area contributed by atoms with E-state index in [2.05, 4.69) is 12.2 Å². The molecule has 1 N–H and O–H groups in total. The Morgan fingerprint density at radius 2 is 2.16 bits per heavy atom. The van der Waals surface area contributed by atoms with Crippen LogP contribution >= 0.6 is 0 Å². The van der Waals surface area contributed by atoms with Gasteiger partial charge in [-0.15, -0.1) is 0 Å². The molecule has 0 bridgehead atoms. The molecule has 4 heteroatoms. The van der Waals surface area contributed by atoms with Crippen molar-refractivity contribution in [3.05, 3.63) is 54.0 Å². The van der Waals surface area contributed by atoms with Crippen LogP contribution in [0.15, 0.2) is 47.1 Å². The van der Waals surface area contributed by atoms with Gasteiger partial charge >= 0.3 is 0 Å². The van der Waals surface area contributed by atoms with E-state index >= 15 is 0 Å². The predicted molar refractivity (Wildman–Crippen MR) is 73.1 cm³/mol. The van der Waals surface area contributed by atoms with Crippen LogP contribution in [-0.4, -0.2) is 18.5 Å². The number of furan rings is 1. The van der Waals surface area contributed by atoms with E-state index in [4.69, 9.17) is 4.42 Å². The number of benzene rings is 1. The predicted octanol–water partition coefficient (Wildman–Crippen LogP) is 2.42. The maximum Gasteiger partial charge on any atom is 0.294 e. The minimum Gasteiger partial charge on any atom is -0.459 e. The maximum atomic E-state index is 12.5. The molecule has 0 radical (unpaired) electrons. The van der Waals surface area contributed by atoms with Crippen molar-refractivity contribution < 1.29 is 9.21 Å². The van der Waals surface area contributed by atoms with E-state index in [0.717, 1.165) is 17.8 Å². The molecule has 1 unspecified atom stereocenters. The Hall–Kier alpha value is -2.07. The Morgan fingerprint density at radius 3 is 2.95 bits per heavy atom. The highest BCUT2D eigenvalue weighted by molar-refractivity contribution is 6.04. The Bertz CT molecular complexity index is 578. The SMILES string of the molecule is CC1CN(C(=O)c2ccco2)c2ccccc2CN1. The number of carbonyl (C=O) groups excluding carboxylic acids is 1. The summed E-state index contributed by atoms with van der Waals surface area (Å²) in [5.74, 6) is 0.289. The highest BCUT2D eigenvalue weighted by Gasteiger charge is 2.26. The Kier molecular flexibility index (Phi) is 3.09. The lowest BCUT2D eigenvalue weighted by atomic mass is 10.1. The number of hydrogen-bond acceptors (Lipinski definition) is 3. The van der Waals surface area contributed by atoms with E-state index in [1.807, 2.05) is 24.3 Å². The zero-order valence-electron chi connectivity index (χ0n) is 10.8. The van der Waals surface area contributed by atoms with Crippen LogP contribution in [0.4, 0.5) is 5.69 Å². The average molecular weight is 256 g/mol. The first kappa shape index (κ1) is 12.0. The third-order valence-electron chi connectivity index (χ3n) is 3.36. The molecule has 2 heterocycles. The molecule has 1 aromatic heterocycles. The van der Waals surface area contributed by atoms with Gasteiger partial charge in [-0.1, -0.05) is 18.2 Å². The van der Waals surface area contributed by atoms with Gasteiger partial charge in [0.15, 0.2) is 5.76 Å². The zero-order chi connectivity index (χ0) is 13.2. The molecule has 4 nitrogen and oxygen atoms in total. The van der Waals surface area contributed by atoms with Gasteiger partial charge in [0, 0.05) is 24.8 Å². The monoisotopic (exact) mass is 256 g/mol. The lowest BCUT2D eigenvalue weighted by Gasteiger charge is -2.23. The summed E-state index contributed by atoms with van der Waals surface area (Å²) in [6.07, 6.45) is 1.53. The summed E-state index contributed by atoms with van der Waals surface area (Å²) < 4.78 is 5.23. The normalized spacial score (nSPS) is 18.8. The molecular formula is C15H16N2O2. The number of hydrogen-bond donors (Lipinski definition) is 1. The van der Waals surface area contributed by atoms with Crippen molar-refractivity contribution in [2.75, 3.05) is 11.4 Å². The fourth-order valence-electron chi connectivity index (χ4n) is 2.37. The first-order chi connectivity index (χ1) is 9.25. The van der Waals surface area contributed by atoms with Crippen molar-refractivity contribution in [2.45, 2.75) is 19.5 Å². The van der Waals surface area contributed by atoms with Crippen molar-refractivity contribution >= 4 is 11.6 Å². The number of anilines is 1. The van der Waals surface area contributed by atoms with Crippen LogP contribution in [0.5, 0.6) is 0 Å². The number of amides is 1. The largest absolute Gasteiger partial charge is 0.459 e. The van der Waals surface area contributed by atoms with E-state index in [1.165, 1.54) is 6.26 Å².